The number of hydrogen-bond acceptors (Lipinski definition) is 3. The molecule has 2 atom stereocenters. The van der Waals surface area contributed by atoms with Crippen LogP contribution in [0.1, 0.15) is 36.5 Å². The summed E-state index contributed by atoms with van der Waals surface area (Å²) in [4.78, 5) is 12.1. The molecule has 0 heterocycles. The van der Waals surface area contributed by atoms with Crippen molar-refractivity contribution in [1.82, 2.24) is 5.32 Å². The van der Waals surface area contributed by atoms with Crippen molar-refractivity contribution in [3.8, 4) is 5.75 Å². The Balaban J connectivity index is 1.87. The van der Waals surface area contributed by atoms with Gasteiger partial charge in [-0.05, 0) is 35.2 Å². The molecule has 2 N–H and O–H groups in total. The molecule has 1 amide bonds. The third-order valence-corrected chi connectivity index (χ3v) is 3.91. The first kappa shape index (κ1) is 17.9. The first-order chi connectivity index (χ1) is 11.5. The summed E-state index contributed by atoms with van der Waals surface area (Å²) in [5.41, 5.74) is 1.53. The Labute approximate surface area is 141 Å². The highest BCUT2D eigenvalue weighted by Crippen LogP contribution is 2.28. The monoisotopic (exact) mass is 331 g/mol. The molecule has 128 valence electrons. The summed E-state index contributed by atoms with van der Waals surface area (Å²) in [5, 5.41) is 12.7. The molecule has 2 unspecified atom stereocenters. The molecule has 2 rings (SSSR count). The second-order valence-corrected chi connectivity index (χ2v) is 5.72. The predicted molar refractivity (Wildman–Crippen MR) is 90.4 cm³/mol. The second-order valence-electron chi connectivity index (χ2n) is 5.72. The van der Waals surface area contributed by atoms with Crippen LogP contribution in [-0.4, -0.2) is 24.7 Å². The van der Waals surface area contributed by atoms with Crippen LogP contribution in [0.25, 0.3) is 0 Å². The van der Waals surface area contributed by atoms with Crippen molar-refractivity contribution in [2.24, 2.45) is 0 Å². The molecule has 2 aromatic carbocycles. The van der Waals surface area contributed by atoms with E-state index in [0.717, 1.165) is 11.3 Å². The number of carbonyl (C=O) groups is 1. The topological polar surface area (TPSA) is 58.6 Å². The Morgan fingerprint density at radius 1 is 1.21 bits per heavy atom. The van der Waals surface area contributed by atoms with Crippen molar-refractivity contribution in [1.29, 1.82) is 0 Å². The minimum atomic E-state index is -0.865. The van der Waals surface area contributed by atoms with Gasteiger partial charge in [-0.1, -0.05) is 37.3 Å². The molecule has 24 heavy (non-hydrogen) atoms. The second kappa shape index (κ2) is 8.45. The molecule has 0 saturated carbocycles. The number of rotatable bonds is 7. The minimum Gasteiger partial charge on any atom is -0.496 e. The lowest BCUT2D eigenvalue weighted by molar-refractivity contribution is -0.121. The maximum absolute atomic E-state index is 12.9. The van der Waals surface area contributed by atoms with Crippen molar-refractivity contribution in [3.05, 3.63) is 65.5 Å². The van der Waals surface area contributed by atoms with E-state index in [9.17, 15) is 14.3 Å². The molecule has 2 aromatic rings. The van der Waals surface area contributed by atoms with Gasteiger partial charge in [0.15, 0.2) is 0 Å². The molecular weight excluding hydrogens is 309 g/mol. The minimum absolute atomic E-state index is 0.0101. The molecule has 0 aliphatic carbocycles. The third kappa shape index (κ3) is 4.80. The van der Waals surface area contributed by atoms with Gasteiger partial charge < -0.3 is 15.2 Å². The average molecular weight is 331 g/mol. The van der Waals surface area contributed by atoms with Crippen LogP contribution in [0.3, 0.4) is 0 Å². The molecule has 0 aliphatic rings. The number of methoxy groups -OCH3 is 1. The first-order valence-electron chi connectivity index (χ1n) is 7.84. The van der Waals surface area contributed by atoms with E-state index >= 15 is 0 Å². The van der Waals surface area contributed by atoms with Crippen molar-refractivity contribution in [3.63, 3.8) is 0 Å². The molecule has 0 bridgehead atoms. The Kier molecular flexibility index (Phi) is 6.32. The maximum Gasteiger partial charge on any atom is 0.220 e. The van der Waals surface area contributed by atoms with Gasteiger partial charge in [0, 0.05) is 13.0 Å². The zero-order valence-electron chi connectivity index (χ0n) is 13.8. The molecule has 0 saturated heterocycles. The summed E-state index contributed by atoms with van der Waals surface area (Å²) >= 11 is 0. The lowest BCUT2D eigenvalue weighted by Gasteiger charge is -2.16. The molecular formula is C19H22FNO3. The average Bonchev–Trinajstić information content (AvgIpc) is 2.60. The number of aliphatic hydroxyl groups is 1. The molecule has 0 spiro atoms. The van der Waals surface area contributed by atoms with Gasteiger partial charge in [0.1, 0.15) is 11.6 Å². The summed E-state index contributed by atoms with van der Waals surface area (Å²) < 4.78 is 18.2. The van der Waals surface area contributed by atoms with Crippen LogP contribution >= 0.6 is 0 Å². The standard InChI is InChI=1S/C19H22FNO3/c1-13(16-5-3-4-6-18(16)24-2)11-19(23)21-12-17(22)14-7-9-15(20)10-8-14/h3-10,13,17,22H,11-12H2,1-2H3,(H,21,23). The lowest BCUT2D eigenvalue weighted by atomic mass is 9.96. The molecule has 0 fully saturated rings. The summed E-state index contributed by atoms with van der Waals surface area (Å²) in [6.07, 6.45) is -0.577. The highest BCUT2D eigenvalue weighted by Gasteiger charge is 2.16. The van der Waals surface area contributed by atoms with Crippen molar-refractivity contribution in [2.75, 3.05) is 13.7 Å². The van der Waals surface area contributed by atoms with Crippen LogP contribution in [0.4, 0.5) is 4.39 Å². The third-order valence-electron chi connectivity index (χ3n) is 3.91. The fourth-order valence-corrected chi connectivity index (χ4v) is 2.55. The van der Waals surface area contributed by atoms with E-state index in [1.165, 1.54) is 24.3 Å². The van der Waals surface area contributed by atoms with E-state index in [4.69, 9.17) is 4.74 Å². The smallest absolute Gasteiger partial charge is 0.220 e. The van der Waals surface area contributed by atoms with Gasteiger partial charge in [0.25, 0.3) is 0 Å². The Hall–Kier alpha value is -2.40. The Morgan fingerprint density at radius 3 is 2.54 bits per heavy atom. The SMILES string of the molecule is COc1ccccc1C(C)CC(=O)NCC(O)c1ccc(F)cc1. The molecule has 0 aromatic heterocycles. The van der Waals surface area contributed by atoms with E-state index < -0.39 is 6.10 Å². The van der Waals surface area contributed by atoms with Gasteiger partial charge >= 0.3 is 0 Å². The van der Waals surface area contributed by atoms with Crippen LogP contribution in [0.2, 0.25) is 0 Å². The van der Waals surface area contributed by atoms with E-state index in [1.54, 1.807) is 7.11 Å². The van der Waals surface area contributed by atoms with Crippen LogP contribution in [0.15, 0.2) is 48.5 Å². The summed E-state index contributed by atoms with van der Waals surface area (Å²) in [5.74, 6) is 0.225. The van der Waals surface area contributed by atoms with E-state index in [2.05, 4.69) is 5.32 Å². The van der Waals surface area contributed by atoms with Crippen LogP contribution < -0.4 is 10.1 Å². The van der Waals surface area contributed by atoms with Gasteiger partial charge in [-0.15, -0.1) is 0 Å². The number of halogens is 1. The fraction of sp³-hybridized carbons (Fsp3) is 0.316. The largest absolute Gasteiger partial charge is 0.496 e. The Bertz CT molecular complexity index is 673. The van der Waals surface area contributed by atoms with Crippen molar-refractivity contribution in [2.45, 2.75) is 25.4 Å². The fourth-order valence-electron chi connectivity index (χ4n) is 2.55. The number of para-hydroxylation sites is 1. The van der Waals surface area contributed by atoms with Gasteiger partial charge in [-0.2, -0.15) is 0 Å². The summed E-state index contributed by atoms with van der Waals surface area (Å²) in [6.45, 7) is 2.04. The molecule has 5 heteroatoms. The number of nitrogens with one attached hydrogen (secondary N) is 1. The summed E-state index contributed by atoms with van der Waals surface area (Å²) in [6, 6.07) is 13.2. The molecule has 0 aliphatic heterocycles. The summed E-state index contributed by atoms with van der Waals surface area (Å²) in [7, 11) is 1.60. The van der Waals surface area contributed by atoms with Gasteiger partial charge in [0.2, 0.25) is 5.91 Å². The van der Waals surface area contributed by atoms with E-state index in [0.29, 0.717) is 5.56 Å². The number of amides is 1. The number of ether oxygens (including phenoxy) is 1. The zero-order valence-corrected chi connectivity index (χ0v) is 13.8. The maximum atomic E-state index is 12.9. The molecule has 0 radical (unpaired) electrons. The predicted octanol–water partition coefficient (Wildman–Crippen LogP) is 3.18. The first-order valence-corrected chi connectivity index (χ1v) is 7.84. The molecule has 4 nitrogen and oxygen atoms in total. The number of hydrogen-bond donors (Lipinski definition) is 2. The zero-order chi connectivity index (χ0) is 17.5. The lowest BCUT2D eigenvalue weighted by Crippen LogP contribution is -2.29. The van der Waals surface area contributed by atoms with Gasteiger partial charge in [0.05, 0.1) is 13.2 Å². The Morgan fingerprint density at radius 2 is 1.88 bits per heavy atom. The van der Waals surface area contributed by atoms with Crippen LogP contribution in [0, 0.1) is 5.82 Å². The number of carbonyl (C=O) groups excluding carboxylic acids is 1. The van der Waals surface area contributed by atoms with Gasteiger partial charge in [-0.3, -0.25) is 4.79 Å². The van der Waals surface area contributed by atoms with Crippen LogP contribution in [0.5, 0.6) is 5.75 Å². The van der Waals surface area contributed by atoms with Crippen LogP contribution in [-0.2, 0) is 4.79 Å². The quantitative estimate of drug-likeness (QED) is 0.819. The van der Waals surface area contributed by atoms with Gasteiger partial charge in [-0.25, -0.2) is 4.39 Å². The van der Waals surface area contributed by atoms with Crippen molar-refractivity contribution < 1.29 is 19.0 Å². The number of benzene rings is 2. The normalized spacial score (nSPS) is 13.2. The number of aliphatic hydroxyl groups excluding tert-OH is 1. The van der Waals surface area contributed by atoms with Crippen molar-refractivity contribution >= 4 is 5.91 Å². The highest BCUT2D eigenvalue weighted by molar-refractivity contribution is 5.77. The van der Waals surface area contributed by atoms with E-state index in [-0.39, 0.29) is 30.6 Å². The highest BCUT2D eigenvalue weighted by atomic mass is 19.1. The van der Waals surface area contributed by atoms with E-state index in [1.807, 2.05) is 31.2 Å².